The van der Waals surface area contributed by atoms with E-state index in [0.717, 1.165) is 5.56 Å². The molecule has 7 heteroatoms. The lowest BCUT2D eigenvalue weighted by atomic mass is 10.2. The molecule has 0 fully saturated rings. The van der Waals surface area contributed by atoms with Gasteiger partial charge in [0.2, 0.25) is 0 Å². The number of rotatable bonds is 2. The molecular weight excluding hydrogens is 289 g/mol. The number of nitrogens with one attached hydrogen (secondary N) is 1. The van der Waals surface area contributed by atoms with E-state index in [4.69, 9.17) is 17.5 Å². The van der Waals surface area contributed by atoms with Crippen molar-refractivity contribution in [3.05, 3.63) is 58.9 Å². The van der Waals surface area contributed by atoms with Crippen LogP contribution in [0.4, 0.5) is 4.39 Å². The maximum atomic E-state index is 13.4. The maximum absolute atomic E-state index is 13.4. The van der Waals surface area contributed by atoms with Crippen molar-refractivity contribution in [2.24, 2.45) is 0 Å². The summed E-state index contributed by atoms with van der Waals surface area (Å²) in [5, 5.41) is 15.8. The molecule has 0 aliphatic heterocycles. The first-order valence-electron chi connectivity index (χ1n) is 5.98. The Hall–Kier alpha value is -2.85. The summed E-state index contributed by atoms with van der Waals surface area (Å²) in [7, 11) is 0. The van der Waals surface area contributed by atoms with Crippen molar-refractivity contribution in [1.29, 1.82) is 5.26 Å². The Morgan fingerprint density at radius 2 is 2.00 bits per heavy atom. The van der Waals surface area contributed by atoms with Gasteiger partial charge in [-0.3, -0.25) is 14.6 Å². The first-order valence-corrected chi connectivity index (χ1v) is 6.39. The summed E-state index contributed by atoms with van der Waals surface area (Å²) in [6, 6.07) is 9.61. The minimum Gasteiger partial charge on any atom is -0.268 e. The number of nitriles is 1. The Labute approximate surface area is 124 Å². The average Bonchev–Trinajstić information content (AvgIpc) is 2.90. The van der Waals surface area contributed by atoms with E-state index in [1.807, 2.05) is 6.07 Å². The fourth-order valence-electron chi connectivity index (χ4n) is 1.97. The molecule has 1 N–H and O–H groups in total. The van der Waals surface area contributed by atoms with Gasteiger partial charge in [0.25, 0.3) is 0 Å². The molecular formula is C14H8FN5S. The third-order valence-electron chi connectivity index (χ3n) is 2.94. The molecule has 0 aliphatic rings. The van der Waals surface area contributed by atoms with E-state index in [2.05, 4.69) is 15.2 Å². The number of hydrogen-bond donors (Lipinski definition) is 1. The topological polar surface area (TPSA) is 70.3 Å². The first-order chi connectivity index (χ1) is 10.2. The molecule has 0 saturated heterocycles. The van der Waals surface area contributed by atoms with Gasteiger partial charge >= 0.3 is 0 Å². The van der Waals surface area contributed by atoms with E-state index in [0.29, 0.717) is 16.3 Å². The van der Waals surface area contributed by atoms with Crippen LogP contribution in [0.25, 0.3) is 17.1 Å². The van der Waals surface area contributed by atoms with Crippen molar-refractivity contribution >= 4 is 12.2 Å². The molecule has 0 spiro atoms. The van der Waals surface area contributed by atoms with Crippen molar-refractivity contribution in [1.82, 2.24) is 19.7 Å². The van der Waals surface area contributed by atoms with Gasteiger partial charge in [0.1, 0.15) is 11.9 Å². The molecule has 1 aromatic carbocycles. The van der Waals surface area contributed by atoms with E-state index >= 15 is 0 Å². The third-order valence-corrected chi connectivity index (χ3v) is 3.21. The molecule has 0 unspecified atom stereocenters. The molecule has 2 aromatic heterocycles. The highest BCUT2D eigenvalue weighted by Crippen LogP contribution is 2.22. The smallest absolute Gasteiger partial charge is 0.200 e. The summed E-state index contributed by atoms with van der Waals surface area (Å²) in [6.45, 7) is 0. The summed E-state index contributed by atoms with van der Waals surface area (Å²) >= 11 is 5.22. The van der Waals surface area contributed by atoms with Crippen LogP contribution in [0.5, 0.6) is 0 Å². The van der Waals surface area contributed by atoms with Crippen LogP contribution in [-0.4, -0.2) is 19.7 Å². The maximum Gasteiger partial charge on any atom is 0.200 e. The van der Waals surface area contributed by atoms with Gasteiger partial charge in [0.15, 0.2) is 10.6 Å². The van der Waals surface area contributed by atoms with Gasteiger partial charge in [0, 0.05) is 18.0 Å². The first kappa shape index (κ1) is 13.1. The SMILES string of the molecule is N#Cc1cc(-n2c(-c3ccncc3)n[nH]c2=S)ccc1F. The third kappa shape index (κ3) is 2.32. The van der Waals surface area contributed by atoms with Crippen LogP contribution >= 0.6 is 12.2 Å². The Morgan fingerprint density at radius 1 is 1.24 bits per heavy atom. The van der Waals surface area contributed by atoms with Gasteiger partial charge in [-0.25, -0.2) is 4.39 Å². The summed E-state index contributed by atoms with van der Waals surface area (Å²) in [5.41, 5.74) is 1.33. The van der Waals surface area contributed by atoms with E-state index in [-0.39, 0.29) is 5.56 Å². The molecule has 21 heavy (non-hydrogen) atoms. The lowest BCUT2D eigenvalue weighted by molar-refractivity contribution is 0.623. The molecule has 5 nitrogen and oxygen atoms in total. The molecule has 0 saturated carbocycles. The minimum atomic E-state index is -0.568. The zero-order valence-electron chi connectivity index (χ0n) is 10.6. The number of hydrogen-bond acceptors (Lipinski definition) is 4. The fourth-order valence-corrected chi connectivity index (χ4v) is 2.21. The number of benzene rings is 1. The van der Waals surface area contributed by atoms with Crippen molar-refractivity contribution in [3.63, 3.8) is 0 Å². The lowest BCUT2D eigenvalue weighted by Crippen LogP contribution is -1.99. The molecule has 3 rings (SSSR count). The van der Waals surface area contributed by atoms with Crippen LogP contribution in [-0.2, 0) is 0 Å². The highest BCUT2D eigenvalue weighted by atomic mass is 32.1. The van der Waals surface area contributed by atoms with Gasteiger partial charge in [-0.05, 0) is 42.5 Å². The van der Waals surface area contributed by atoms with Crippen LogP contribution in [0.2, 0.25) is 0 Å². The standard InChI is InChI=1S/C14H8FN5S/c15-12-2-1-11(7-10(12)8-16)20-13(18-19-14(20)21)9-3-5-17-6-4-9/h1-7H,(H,19,21). The van der Waals surface area contributed by atoms with Gasteiger partial charge < -0.3 is 0 Å². The van der Waals surface area contributed by atoms with Crippen LogP contribution in [0.15, 0.2) is 42.7 Å². The molecule has 3 aromatic rings. The number of aromatic amines is 1. The number of halogens is 1. The summed E-state index contributed by atoms with van der Waals surface area (Å²) in [5.74, 6) is -0.000350. The van der Waals surface area contributed by atoms with Crippen molar-refractivity contribution in [2.45, 2.75) is 0 Å². The second kappa shape index (κ2) is 5.26. The second-order valence-electron chi connectivity index (χ2n) is 4.20. The zero-order chi connectivity index (χ0) is 14.8. The van der Waals surface area contributed by atoms with Crippen LogP contribution in [0.3, 0.4) is 0 Å². The van der Waals surface area contributed by atoms with E-state index in [9.17, 15) is 4.39 Å². The zero-order valence-corrected chi connectivity index (χ0v) is 11.4. The van der Waals surface area contributed by atoms with E-state index in [1.54, 1.807) is 35.2 Å². The number of pyridine rings is 1. The minimum absolute atomic E-state index is 0.0451. The van der Waals surface area contributed by atoms with Crippen molar-refractivity contribution in [3.8, 4) is 23.1 Å². The predicted octanol–water partition coefficient (Wildman–Crippen LogP) is 3.00. The fraction of sp³-hybridized carbons (Fsp3) is 0. The monoisotopic (exact) mass is 297 g/mol. The van der Waals surface area contributed by atoms with E-state index in [1.165, 1.54) is 12.1 Å². The van der Waals surface area contributed by atoms with Gasteiger partial charge in [-0.15, -0.1) is 0 Å². The van der Waals surface area contributed by atoms with Gasteiger partial charge in [-0.2, -0.15) is 10.4 Å². The molecule has 0 aliphatic carbocycles. The Balaban J connectivity index is 2.23. The number of nitrogens with zero attached hydrogens (tertiary/aromatic N) is 4. The van der Waals surface area contributed by atoms with E-state index < -0.39 is 5.82 Å². The Kier molecular flexibility index (Phi) is 3.30. The molecule has 0 amide bonds. The predicted molar refractivity (Wildman–Crippen MR) is 76.7 cm³/mol. The summed E-state index contributed by atoms with van der Waals surface area (Å²) in [6.07, 6.45) is 3.28. The second-order valence-corrected chi connectivity index (χ2v) is 4.59. The lowest BCUT2D eigenvalue weighted by Gasteiger charge is -2.07. The molecule has 0 bridgehead atoms. The van der Waals surface area contributed by atoms with Crippen LogP contribution in [0.1, 0.15) is 5.56 Å². The Bertz CT molecular complexity index is 892. The molecule has 2 heterocycles. The normalized spacial score (nSPS) is 10.3. The number of aromatic nitrogens is 4. The van der Waals surface area contributed by atoms with Crippen molar-refractivity contribution in [2.75, 3.05) is 0 Å². The van der Waals surface area contributed by atoms with Gasteiger partial charge in [0.05, 0.1) is 11.3 Å². The quantitative estimate of drug-likeness (QED) is 0.738. The van der Waals surface area contributed by atoms with Crippen LogP contribution in [0, 0.1) is 21.9 Å². The largest absolute Gasteiger partial charge is 0.268 e. The van der Waals surface area contributed by atoms with Crippen LogP contribution < -0.4 is 0 Å². The highest BCUT2D eigenvalue weighted by molar-refractivity contribution is 7.71. The van der Waals surface area contributed by atoms with Crippen molar-refractivity contribution < 1.29 is 4.39 Å². The highest BCUT2D eigenvalue weighted by Gasteiger charge is 2.12. The average molecular weight is 297 g/mol. The van der Waals surface area contributed by atoms with Gasteiger partial charge in [-0.1, -0.05) is 0 Å². The summed E-state index contributed by atoms with van der Waals surface area (Å²) in [4.78, 5) is 3.95. The molecule has 0 radical (unpaired) electrons. The summed E-state index contributed by atoms with van der Waals surface area (Å²) < 4.78 is 15.4. The molecule has 0 atom stereocenters. The number of H-pyrrole nitrogens is 1. The molecule has 102 valence electrons. The Morgan fingerprint density at radius 3 is 2.71 bits per heavy atom.